The fraction of sp³-hybridized carbons (Fsp3) is 0.597. The molecule has 0 aliphatic carbocycles. The number of aliphatic carboxylic acids is 1. The van der Waals surface area contributed by atoms with Gasteiger partial charge in [-0.25, -0.2) is 0 Å². The quantitative estimate of drug-likeness (QED) is 0.0195. The third kappa shape index (κ3) is 53.1. The smallest absolute Gasteiger partial charge is 0.306 e. The van der Waals surface area contributed by atoms with E-state index in [4.69, 9.17) is 18.9 Å². The largest absolute Gasteiger partial charge is 0.545 e. The van der Waals surface area contributed by atoms with Crippen molar-refractivity contribution in [1.29, 1.82) is 0 Å². The van der Waals surface area contributed by atoms with Crippen LogP contribution < -0.4 is 5.11 Å². The van der Waals surface area contributed by atoms with Gasteiger partial charge in [0.05, 0.1) is 40.3 Å². The van der Waals surface area contributed by atoms with Crippen LogP contribution in [0.2, 0.25) is 0 Å². The second kappa shape index (κ2) is 51.8. The van der Waals surface area contributed by atoms with Crippen LogP contribution in [0.3, 0.4) is 0 Å². The molecule has 0 radical (unpaired) electrons. The first kappa shape index (κ1) is 66.4. The van der Waals surface area contributed by atoms with Crippen molar-refractivity contribution in [1.82, 2.24) is 0 Å². The van der Waals surface area contributed by atoms with E-state index >= 15 is 0 Å². The standard InChI is InChI=1S/C62H99NO8/c1-6-8-10-12-14-16-18-20-22-24-26-28-30-32-34-36-38-40-42-44-46-48-50-52-59(64)69-56-58(57-70-62(61(66)67)68-55-54-63(3,4)5)71-60(65)53-51-49-47-45-43-41-39-37-35-33-31-29-27-25-23-21-19-17-15-13-11-9-7-2/h8-11,14-17,20-23,26-29,33,35,39,41,45,47,58,62H,6-7,12-13,18-19,24-25,30-32,34,36-38,40,42-44,46,48-57H2,1-5H3/b10-8-,11-9-,16-14-,17-15-,22-20-,23-21-,28-26-,29-27-,35-33-,41-39-,47-45-. The van der Waals surface area contributed by atoms with Crippen LogP contribution in [-0.2, 0) is 33.3 Å². The molecule has 0 aromatic heterocycles. The van der Waals surface area contributed by atoms with Crippen LogP contribution >= 0.6 is 0 Å². The first-order chi connectivity index (χ1) is 34.6. The van der Waals surface area contributed by atoms with Crippen LogP contribution in [0.5, 0.6) is 0 Å². The van der Waals surface area contributed by atoms with E-state index in [0.29, 0.717) is 23.9 Å². The zero-order chi connectivity index (χ0) is 52.0. The number of ether oxygens (including phenoxy) is 4. The molecule has 0 rings (SSSR count). The van der Waals surface area contributed by atoms with Crippen LogP contribution in [0, 0.1) is 0 Å². The summed E-state index contributed by atoms with van der Waals surface area (Å²) < 4.78 is 22.6. The van der Waals surface area contributed by atoms with Gasteiger partial charge in [0, 0.05) is 12.8 Å². The van der Waals surface area contributed by atoms with Gasteiger partial charge in [-0.3, -0.25) is 9.59 Å². The highest BCUT2D eigenvalue weighted by Gasteiger charge is 2.21. The third-order valence-corrected chi connectivity index (χ3v) is 10.9. The Morgan fingerprint density at radius 1 is 0.423 bits per heavy atom. The van der Waals surface area contributed by atoms with E-state index in [0.717, 1.165) is 103 Å². The monoisotopic (exact) mass is 986 g/mol. The van der Waals surface area contributed by atoms with Crippen molar-refractivity contribution in [3.63, 3.8) is 0 Å². The summed E-state index contributed by atoms with van der Waals surface area (Å²) in [4.78, 5) is 37.2. The van der Waals surface area contributed by atoms with Gasteiger partial charge in [0.1, 0.15) is 13.2 Å². The van der Waals surface area contributed by atoms with Crippen LogP contribution in [0.1, 0.15) is 181 Å². The van der Waals surface area contributed by atoms with E-state index in [9.17, 15) is 19.5 Å². The summed E-state index contributed by atoms with van der Waals surface area (Å²) in [7, 11) is 5.88. The Kier molecular flexibility index (Phi) is 48.4. The van der Waals surface area contributed by atoms with Crippen LogP contribution in [0.4, 0.5) is 0 Å². The highest BCUT2D eigenvalue weighted by atomic mass is 16.7. The number of rotatable bonds is 48. The normalized spacial score (nSPS) is 13.9. The van der Waals surface area contributed by atoms with Crippen molar-refractivity contribution in [3.05, 3.63) is 134 Å². The summed E-state index contributed by atoms with van der Waals surface area (Å²) in [6, 6.07) is 0. The average Bonchev–Trinajstić information content (AvgIpc) is 3.34. The molecule has 0 fully saturated rings. The van der Waals surface area contributed by atoms with Crippen molar-refractivity contribution in [2.75, 3.05) is 47.5 Å². The average molecular weight is 986 g/mol. The number of esters is 2. The molecule has 2 atom stereocenters. The van der Waals surface area contributed by atoms with Crippen LogP contribution in [-0.4, -0.2) is 82.3 Å². The Balaban J connectivity index is 4.44. The second-order valence-electron chi connectivity index (χ2n) is 18.8. The highest BCUT2D eigenvalue weighted by molar-refractivity contribution is 5.70. The number of carbonyl (C=O) groups is 3. The number of unbranched alkanes of at least 4 members (excludes halogenated alkanes) is 11. The minimum atomic E-state index is -1.65. The summed E-state index contributed by atoms with van der Waals surface area (Å²) >= 11 is 0. The van der Waals surface area contributed by atoms with Gasteiger partial charge in [-0.05, 0) is 103 Å². The molecule has 0 saturated carbocycles. The maximum atomic E-state index is 12.8. The predicted molar refractivity (Wildman–Crippen MR) is 296 cm³/mol. The number of carboxylic acid groups (broad SMARTS) is 1. The zero-order valence-electron chi connectivity index (χ0n) is 45.3. The molecular formula is C62H99NO8. The topological polar surface area (TPSA) is 111 Å². The fourth-order valence-electron chi connectivity index (χ4n) is 6.75. The number of carboxylic acids is 1. The number of carbonyl (C=O) groups excluding carboxylic acids is 3. The van der Waals surface area contributed by atoms with Gasteiger partial charge in [0.25, 0.3) is 0 Å². The number of hydrogen-bond acceptors (Lipinski definition) is 8. The van der Waals surface area contributed by atoms with E-state index in [-0.39, 0.29) is 38.6 Å². The van der Waals surface area contributed by atoms with Crippen molar-refractivity contribution in [3.8, 4) is 0 Å². The van der Waals surface area contributed by atoms with E-state index < -0.39 is 24.3 Å². The molecule has 0 amide bonds. The van der Waals surface area contributed by atoms with Gasteiger partial charge in [-0.2, -0.15) is 0 Å². The van der Waals surface area contributed by atoms with E-state index in [1.165, 1.54) is 38.5 Å². The molecule has 71 heavy (non-hydrogen) atoms. The first-order valence-corrected chi connectivity index (χ1v) is 27.3. The van der Waals surface area contributed by atoms with Crippen molar-refractivity contribution in [2.24, 2.45) is 0 Å². The van der Waals surface area contributed by atoms with E-state index in [1.54, 1.807) is 0 Å². The molecule has 0 aromatic rings. The van der Waals surface area contributed by atoms with Gasteiger partial charge in [0.15, 0.2) is 12.4 Å². The Labute approximate surface area is 433 Å². The van der Waals surface area contributed by atoms with Gasteiger partial charge in [0.2, 0.25) is 0 Å². The molecule has 0 bridgehead atoms. The molecule has 0 aliphatic heterocycles. The van der Waals surface area contributed by atoms with Crippen LogP contribution in [0.15, 0.2) is 134 Å². The SMILES string of the molecule is CC/C=C\C/C=C\C/C=C\C/C=C\C/C=C\C/C=C\C/C=C\CCCC(=O)OC(COC(=O)CCCCCCCCCCCC/C=C\C/C=C\C/C=C\C/C=C\CC)COC(OCC[N+](C)(C)C)C(=O)[O-]. The summed E-state index contributed by atoms with van der Waals surface area (Å²) in [5.41, 5.74) is 0. The number of nitrogens with zero attached hydrogens (tertiary/aromatic N) is 1. The predicted octanol–water partition coefficient (Wildman–Crippen LogP) is 14.6. The maximum Gasteiger partial charge on any atom is 0.306 e. The Morgan fingerprint density at radius 2 is 0.775 bits per heavy atom. The van der Waals surface area contributed by atoms with Crippen molar-refractivity contribution in [2.45, 2.75) is 193 Å². The summed E-state index contributed by atoms with van der Waals surface area (Å²) in [5.74, 6) is -2.39. The third-order valence-electron chi connectivity index (χ3n) is 10.9. The lowest BCUT2D eigenvalue weighted by molar-refractivity contribution is -0.870. The molecule has 400 valence electrons. The lowest BCUT2D eigenvalue weighted by atomic mass is 10.1. The number of likely N-dealkylation sites (N-methyl/N-ethyl adjacent to an activating group) is 1. The lowest BCUT2D eigenvalue weighted by Gasteiger charge is -2.26. The van der Waals surface area contributed by atoms with E-state index in [2.05, 4.69) is 141 Å². The molecule has 0 aromatic carbocycles. The summed E-state index contributed by atoms with van der Waals surface area (Å²) in [6.45, 7) is 4.42. The zero-order valence-corrected chi connectivity index (χ0v) is 45.3. The van der Waals surface area contributed by atoms with Crippen molar-refractivity contribution < 1.29 is 42.9 Å². The van der Waals surface area contributed by atoms with E-state index in [1.807, 2.05) is 27.2 Å². The summed E-state index contributed by atoms with van der Waals surface area (Å²) in [6.07, 6.45) is 70.7. The Morgan fingerprint density at radius 3 is 1.17 bits per heavy atom. The number of quaternary nitrogens is 1. The first-order valence-electron chi connectivity index (χ1n) is 27.3. The van der Waals surface area contributed by atoms with Gasteiger partial charge >= 0.3 is 11.9 Å². The Hall–Kier alpha value is -4.57. The van der Waals surface area contributed by atoms with Gasteiger partial charge < -0.3 is 33.3 Å². The van der Waals surface area contributed by atoms with Crippen LogP contribution in [0.25, 0.3) is 0 Å². The molecule has 0 aliphatic rings. The lowest BCUT2D eigenvalue weighted by Crippen LogP contribution is -2.44. The minimum Gasteiger partial charge on any atom is -0.545 e. The fourth-order valence-corrected chi connectivity index (χ4v) is 6.75. The molecule has 0 spiro atoms. The number of hydrogen-bond donors (Lipinski definition) is 0. The molecule has 0 saturated heterocycles. The molecule has 0 heterocycles. The minimum absolute atomic E-state index is 0.128. The molecule has 9 nitrogen and oxygen atoms in total. The highest BCUT2D eigenvalue weighted by Crippen LogP contribution is 2.14. The summed E-state index contributed by atoms with van der Waals surface area (Å²) in [5, 5.41) is 11.8. The molecule has 0 N–H and O–H groups in total. The van der Waals surface area contributed by atoms with Crippen molar-refractivity contribution >= 4 is 17.9 Å². The maximum absolute atomic E-state index is 12.8. The van der Waals surface area contributed by atoms with Gasteiger partial charge in [-0.1, -0.05) is 199 Å². The molecule has 9 heteroatoms. The second-order valence-corrected chi connectivity index (χ2v) is 18.8. The van der Waals surface area contributed by atoms with Gasteiger partial charge in [-0.15, -0.1) is 0 Å². The molecule has 2 unspecified atom stereocenters. The Bertz CT molecular complexity index is 1620. The molecular weight excluding hydrogens is 887 g/mol. The number of allylic oxidation sites excluding steroid dienone is 22.